The van der Waals surface area contributed by atoms with Gasteiger partial charge in [0.05, 0.1) is 39.1 Å². The molecule has 2 amide bonds. The number of halogens is 2. The first-order valence-corrected chi connectivity index (χ1v) is 21.8. The van der Waals surface area contributed by atoms with E-state index in [1.807, 2.05) is 31.2 Å². The van der Waals surface area contributed by atoms with E-state index >= 15 is 0 Å². The predicted octanol–water partition coefficient (Wildman–Crippen LogP) is 10.7. The van der Waals surface area contributed by atoms with E-state index in [0.717, 1.165) is 24.8 Å². The zero-order valence-electron chi connectivity index (χ0n) is 35.7. The van der Waals surface area contributed by atoms with Crippen LogP contribution in [-0.2, 0) is 35.1 Å². The highest BCUT2D eigenvalue weighted by Crippen LogP contribution is 2.28. The number of fused-ring (bicyclic) bond motifs is 1. The monoisotopic (exact) mass is 887 g/mol. The number of hydrogen-bond acceptors (Lipinski definition) is 10. The molecule has 0 aliphatic rings. The summed E-state index contributed by atoms with van der Waals surface area (Å²) in [6.07, 6.45) is 11.2. The number of ether oxygens (including phenoxy) is 3. The highest BCUT2D eigenvalue weighted by atomic mass is 35.5. The number of benzene rings is 4. The van der Waals surface area contributed by atoms with Crippen LogP contribution in [0, 0.1) is 0 Å². The van der Waals surface area contributed by atoms with Gasteiger partial charge in [0, 0.05) is 6.92 Å². The average Bonchev–Trinajstić information content (AvgIpc) is 3.68. The maximum atomic E-state index is 13.9. The van der Waals surface area contributed by atoms with Crippen molar-refractivity contribution in [2.45, 2.75) is 110 Å². The Labute approximate surface area is 372 Å². The zero-order chi connectivity index (χ0) is 44.9. The Morgan fingerprint density at radius 2 is 1.29 bits per heavy atom. The molecule has 5 aromatic rings. The molecule has 62 heavy (non-hydrogen) atoms. The smallest absolute Gasteiger partial charge is 0.347 e. The number of carbonyl (C=O) groups excluding carboxylic acids is 5. The lowest BCUT2D eigenvalue weighted by molar-refractivity contribution is -0.153. The van der Waals surface area contributed by atoms with E-state index in [0.29, 0.717) is 33.9 Å². The maximum Gasteiger partial charge on any atom is 0.347 e. The molecule has 0 saturated heterocycles. The van der Waals surface area contributed by atoms with Crippen LogP contribution in [0.15, 0.2) is 91.0 Å². The summed E-state index contributed by atoms with van der Waals surface area (Å²) in [5.74, 6) is -2.71. The van der Waals surface area contributed by atoms with Crippen molar-refractivity contribution in [3.63, 3.8) is 0 Å². The number of aromatic nitrogens is 3. The van der Waals surface area contributed by atoms with Gasteiger partial charge in [-0.15, -0.1) is 5.10 Å². The minimum Gasteiger partial charge on any atom is -0.463 e. The van der Waals surface area contributed by atoms with E-state index in [4.69, 9.17) is 37.4 Å². The van der Waals surface area contributed by atoms with Gasteiger partial charge in [-0.25, -0.2) is 14.3 Å². The van der Waals surface area contributed by atoms with E-state index < -0.39 is 35.9 Å². The second kappa shape index (κ2) is 25.9. The molecule has 0 radical (unpaired) electrons. The van der Waals surface area contributed by atoms with Gasteiger partial charge in [0.15, 0.2) is 6.10 Å². The van der Waals surface area contributed by atoms with Gasteiger partial charge in [-0.1, -0.05) is 136 Å². The highest BCUT2D eigenvalue weighted by molar-refractivity contribution is 6.35. The number of rotatable bonds is 21. The first-order valence-electron chi connectivity index (χ1n) is 21.0. The molecule has 0 spiro atoms. The van der Waals surface area contributed by atoms with Crippen molar-refractivity contribution >= 4 is 75.3 Å². The van der Waals surface area contributed by atoms with Crippen LogP contribution in [0.2, 0.25) is 10.0 Å². The number of amides is 2. The molecule has 4 aromatic carbocycles. The Kier molecular flexibility index (Phi) is 20.4. The number of carbonyl (C=O) groups is 5. The molecule has 2 N–H and O–H groups in total. The van der Waals surface area contributed by atoms with Crippen molar-refractivity contribution in [2.75, 3.05) is 17.2 Å². The first-order chi connectivity index (χ1) is 29.9. The normalized spacial score (nSPS) is 11.7. The van der Waals surface area contributed by atoms with Gasteiger partial charge in [-0.05, 0) is 79.9 Å². The molecule has 1 heterocycles. The third-order valence-electron chi connectivity index (χ3n) is 9.64. The summed E-state index contributed by atoms with van der Waals surface area (Å²) in [7, 11) is 0. The second-order valence-corrected chi connectivity index (χ2v) is 15.4. The van der Waals surface area contributed by atoms with E-state index in [-0.39, 0.29) is 28.8 Å². The van der Waals surface area contributed by atoms with Gasteiger partial charge in [-0.2, -0.15) is 0 Å². The number of para-hydroxylation sites is 2. The maximum absolute atomic E-state index is 13.9. The number of esters is 3. The third-order valence-corrected chi connectivity index (χ3v) is 10.3. The van der Waals surface area contributed by atoms with Gasteiger partial charge in [-0.3, -0.25) is 14.4 Å². The summed E-state index contributed by atoms with van der Waals surface area (Å²) < 4.78 is 16.7. The summed E-state index contributed by atoms with van der Waals surface area (Å²) in [6.45, 7) is 7.25. The largest absolute Gasteiger partial charge is 0.463 e. The predicted molar refractivity (Wildman–Crippen MR) is 242 cm³/mol. The molecular formula is C47H55Cl2N5O8. The molecule has 0 bridgehead atoms. The summed E-state index contributed by atoms with van der Waals surface area (Å²) in [5.41, 5.74) is 2.21. The lowest BCUT2D eigenvalue weighted by Gasteiger charge is -2.19. The third kappa shape index (κ3) is 15.6. The minimum absolute atomic E-state index is 0.0180. The van der Waals surface area contributed by atoms with Crippen molar-refractivity contribution in [3.8, 4) is 5.75 Å². The Bertz CT molecular complexity index is 2250. The quantitative estimate of drug-likeness (QED) is 0.0313. The number of anilines is 2. The Balaban J connectivity index is 0.000000740. The molecule has 5 rings (SSSR count). The van der Waals surface area contributed by atoms with E-state index in [2.05, 4.69) is 27.9 Å². The van der Waals surface area contributed by atoms with Crippen LogP contribution >= 0.6 is 23.2 Å². The van der Waals surface area contributed by atoms with Gasteiger partial charge in [0.1, 0.15) is 11.3 Å². The van der Waals surface area contributed by atoms with Gasteiger partial charge < -0.3 is 24.8 Å². The summed E-state index contributed by atoms with van der Waals surface area (Å²) in [5, 5.41) is 14.0. The first kappa shape index (κ1) is 48.9. The molecule has 15 heteroatoms. The molecule has 0 fully saturated rings. The topological polar surface area (TPSA) is 168 Å². The number of nitrogens with zero attached hydrogens (tertiary/aromatic N) is 3. The van der Waals surface area contributed by atoms with E-state index in [1.165, 1.54) is 81.7 Å². The van der Waals surface area contributed by atoms with Crippen LogP contribution in [0.3, 0.4) is 0 Å². The van der Waals surface area contributed by atoms with Crippen LogP contribution in [0.1, 0.15) is 114 Å². The fourth-order valence-electron chi connectivity index (χ4n) is 6.27. The van der Waals surface area contributed by atoms with Gasteiger partial charge >= 0.3 is 17.9 Å². The average molecular weight is 889 g/mol. The van der Waals surface area contributed by atoms with Crippen molar-refractivity contribution < 1.29 is 38.2 Å². The molecule has 0 aliphatic heterocycles. The molecule has 0 saturated carbocycles. The van der Waals surface area contributed by atoms with Gasteiger partial charge in [0.25, 0.3) is 11.8 Å². The Morgan fingerprint density at radius 3 is 1.92 bits per heavy atom. The molecule has 0 aliphatic carbocycles. The SMILES string of the molecule is CC(=O)Oc1ccccc1.CCCCCCCCCCCCOC(=O)C(C)OC(=O)c1ccc(Cl)c(NC(=O)C(C(=O)Nc2cc(CC)ccc2Cl)n2nnc3ccccc32)c1. The van der Waals surface area contributed by atoms with Crippen LogP contribution in [0.5, 0.6) is 5.75 Å². The summed E-state index contributed by atoms with van der Waals surface area (Å²) >= 11 is 12.8. The standard InChI is InChI=1S/C39H47Cl2N5O6.C8H8O2/c1-4-6-7-8-9-10-11-12-13-16-23-51-38(49)26(3)52-39(50)28-20-22-30(41)33(25-28)43-37(48)35(46-34-18-15-14-17-31(34)44-45-46)36(47)42-32-24-27(5-2)19-21-29(32)40;1-7(9)10-8-5-3-2-4-6-8/h14-15,17-22,24-26,35H,4-13,16,23H2,1-3H3,(H,42,47)(H,43,48);2-6H,1H3. The van der Waals surface area contributed by atoms with Crippen molar-refractivity contribution in [2.24, 2.45) is 0 Å². The molecule has 2 unspecified atom stereocenters. The second-order valence-electron chi connectivity index (χ2n) is 14.6. The molecule has 2 atom stereocenters. The minimum atomic E-state index is -1.56. The fourth-order valence-corrected chi connectivity index (χ4v) is 6.60. The lowest BCUT2D eigenvalue weighted by Crippen LogP contribution is -2.37. The number of aryl methyl sites for hydroxylation is 1. The van der Waals surface area contributed by atoms with Crippen LogP contribution in [-0.4, -0.2) is 57.4 Å². The van der Waals surface area contributed by atoms with Crippen molar-refractivity contribution in [1.29, 1.82) is 0 Å². The number of hydrogen-bond donors (Lipinski definition) is 2. The lowest BCUT2D eigenvalue weighted by atomic mass is 10.1. The number of nitrogens with one attached hydrogen (secondary N) is 2. The molecule has 330 valence electrons. The van der Waals surface area contributed by atoms with Crippen LogP contribution < -0.4 is 15.4 Å². The van der Waals surface area contributed by atoms with Crippen LogP contribution in [0.25, 0.3) is 11.0 Å². The van der Waals surface area contributed by atoms with Crippen molar-refractivity contribution in [3.05, 3.63) is 112 Å². The summed E-state index contributed by atoms with van der Waals surface area (Å²) in [6, 6.07) is 23.6. The number of unbranched alkanes of at least 4 members (excludes halogenated alkanes) is 9. The Morgan fingerprint density at radius 1 is 0.710 bits per heavy atom. The molecule has 13 nitrogen and oxygen atoms in total. The highest BCUT2D eigenvalue weighted by Gasteiger charge is 2.33. The zero-order valence-corrected chi connectivity index (χ0v) is 37.2. The van der Waals surface area contributed by atoms with E-state index in [1.54, 1.807) is 48.5 Å². The van der Waals surface area contributed by atoms with E-state index in [9.17, 15) is 24.0 Å². The Hall–Kier alpha value is -5.79. The fraction of sp³-hybridized carbons (Fsp3) is 0.383. The van der Waals surface area contributed by atoms with Crippen molar-refractivity contribution in [1.82, 2.24) is 15.0 Å². The van der Waals surface area contributed by atoms with Gasteiger partial charge in [0.2, 0.25) is 6.04 Å². The summed E-state index contributed by atoms with van der Waals surface area (Å²) in [4.78, 5) is 63.7. The van der Waals surface area contributed by atoms with Crippen LogP contribution in [0.4, 0.5) is 11.4 Å². The molecule has 1 aromatic heterocycles. The molecular weight excluding hydrogens is 833 g/mol.